The molecule has 0 fully saturated rings. The summed E-state index contributed by atoms with van der Waals surface area (Å²) in [6.45, 7) is 6.06. The summed E-state index contributed by atoms with van der Waals surface area (Å²) in [5.41, 5.74) is 2.17. The van der Waals surface area contributed by atoms with E-state index in [4.69, 9.17) is 0 Å². The topological polar surface area (TPSA) is 20.2 Å². The summed E-state index contributed by atoms with van der Waals surface area (Å²) in [5.74, 6) is 0.259. The molecule has 0 bridgehead atoms. The van der Waals surface area contributed by atoms with Crippen LogP contribution in [0.4, 0.5) is 0 Å². The second-order valence-corrected chi connectivity index (χ2v) is 4.55. The van der Waals surface area contributed by atoms with Crippen LogP contribution in [0, 0.1) is 12.8 Å². The molecule has 1 rings (SSSR count). The molecule has 0 saturated heterocycles. The highest BCUT2D eigenvalue weighted by Crippen LogP contribution is 2.25. The zero-order valence-corrected chi connectivity index (χ0v) is 9.80. The van der Waals surface area contributed by atoms with Gasteiger partial charge in [-0.15, -0.1) is 0 Å². The van der Waals surface area contributed by atoms with E-state index in [0.29, 0.717) is 0 Å². The molecule has 2 heteroatoms. The lowest BCUT2D eigenvalue weighted by Gasteiger charge is -2.15. The van der Waals surface area contributed by atoms with Crippen molar-refractivity contribution >= 4 is 15.9 Å². The van der Waals surface area contributed by atoms with E-state index < -0.39 is 0 Å². The quantitative estimate of drug-likeness (QED) is 0.843. The van der Waals surface area contributed by atoms with Gasteiger partial charge in [-0.25, -0.2) is 0 Å². The van der Waals surface area contributed by atoms with Crippen LogP contribution in [0.5, 0.6) is 0 Å². The fraction of sp³-hybridized carbons (Fsp3) is 0.455. The number of aliphatic hydroxyl groups is 1. The third-order valence-corrected chi connectivity index (χ3v) is 3.02. The van der Waals surface area contributed by atoms with Crippen LogP contribution in [-0.4, -0.2) is 5.11 Å². The van der Waals surface area contributed by atoms with Crippen molar-refractivity contribution in [1.82, 2.24) is 0 Å². The monoisotopic (exact) mass is 242 g/mol. The summed E-state index contributed by atoms with van der Waals surface area (Å²) in [4.78, 5) is 0. The maximum absolute atomic E-state index is 9.79. The van der Waals surface area contributed by atoms with Gasteiger partial charge in [-0.1, -0.05) is 41.9 Å². The SMILES string of the molecule is Cc1ccc(C(O)C(C)C)cc1Br. The van der Waals surface area contributed by atoms with Crippen LogP contribution in [0.3, 0.4) is 0 Å². The van der Waals surface area contributed by atoms with Crippen LogP contribution < -0.4 is 0 Å². The number of benzene rings is 1. The highest BCUT2D eigenvalue weighted by Gasteiger charge is 2.12. The summed E-state index contributed by atoms with van der Waals surface area (Å²) in [6.07, 6.45) is -0.364. The van der Waals surface area contributed by atoms with Crippen LogP contribution in [0.1, 0.15) is 31.1 Å². The first-order valence-corrected chi connectivity index (χ1v) is 5.25. The fourth-order valence-electron chi connectivity index (χ4n) is 1.18. The number of aryl methyl sites for hydroxylation is 1. The molecule has 0 aliphatic rings. The van der Waals surface area contributed by atoms with E-state index in [1.54, 1.807) is 0 Å². The molecule has 1 atom stereocenters. The zero-order valence-electron chi connectivity index (χ0n) is 8.21. The molecule has 1 N–H and O–H groups in total. The molecule has 0 aliphatic heterocycles. The molecule has 0 aliphatic carbocycles. The van der Waals surface area contributed by atoms with Gasteiger partial charge < -0.3 is 5.11 Å². The zero-order chi connectivity index (χ0) is 10.0. The van der Waals surface area contributed by atoms with Crippen molar-refractivity contribution in [2.24, 2.45) is 5.92 Å². The lowest BCUT2D eigenvalue weighted by molar-refractivity contribution is 0.127. The molecular formula is C11H15BrO. The van der Waals surface area contributed by atoms with Gasteiger partial charge in [0, 0.05) is 4.47 Å². The van der Waals surface area contributed by atoms with Gasteiger partial charge in [0.05, 0.1) is 6.10 Å². The standard InChI is InChI=1S/C11H15BrO/c1-7(2)11(13)9-5-4-8(3)10(12)6-9/h4-7,11,13H,1-3H3. The molecule has 1 aromatic rings. The number of rotatable bonds is 2. The van der Waals surface area contributed by atoms with Crippen molar-refractivity contribution in [3.63, 3.8) is 0 Å². The second-order valence-electron chi connectivity index (χ2n) is 3.70. The van der Waals surface area contributed by atoms with Crippen LogP contribution in [0.15, 0.2) is 22.7 Å². The van der Waals surface area contributed by atoms with E-state index in [9.17, 15) is 5.11 Å². The number of halogens is 1. The van der Waals surface area contributed by atoms with Crippen molar-refractivity contribution in [3.05, 3.63) is 33.8 Å². The Hall–Kier alpha value is -0.340. The van der Waals surface area contributed by atoms with E-state index in [1.807, 2.05) is 39.0 Å². The highest BCUT2D eigenvalue weighted by molar-refractivity contribution is 9.10. The van der Waals surface area contributed by atoms with E-state index in [-0.39, 0.29) is 12.0 Å². The van der Waals surface area contributed by atoms with Crippen LogP contribution in [0.2, 0.25) is 0 Å². The van der Waals surface area contributed by atoms with Crippen molar-refractivity contribution < 1.29 is 5.11 Å². The first-order valence-electron chi connectivity index (χ1n) is 4.46. The lowest BCUT2D eigenvalue weighted by Crippen LogP contribution is -2.05. The normalized spacial score (nSPS) is 13.4. The van der Waals surface area contributed by atoms with Crippen molar-refractivity contribution in [2.75, 3.05) is 0 Å². The van der Waals surface area contributed by atoms with Gasteiger partial charge >= 0.3 is 0 Å². The molecule has 13 heavy (non-hydrogen) atoms. The van der Waals surface area contributed by atoms with Crippen molar-refractivity contribution in [1.29, 1.82) is 0 Å². The number of hydrogen-bond acceptors (Lipinski definition) is 1. The van der Waals surface area contributed by atoms with E-state index in [1.165, 1.54) is 5.56 Å². The molecule has 0 spiro atoms. The van der Waals surface area contributed by atoms with Gasteiger partial charge in [-0.2, -0.15) is 0 Å². The third kappa shape index (κ3) is 2.55. The molecule has 0 saturated carbocycles. The van der Waals surface area contributed by atoms with E-state index in [2.05, 4.69) is 15.9 Å². The van der Waals surface area contributed by atoms with Crippen molar-refractivity contribution in [2.45, 2.75) is 26.9 Å². The summed E-state index contributed by atoms with van der Waals surface area (Å²) in [7, 11) is 0. The molecular weight excluding hydrogens is 228 g/mol. The largest absolute Gasteiger partial charge is 0.388 e. The Balaban J connectivity index is 2.97. The van der Waals surface area contributed by atoms with Gasteiger partial charge in [-0.3, -0.25) is 0 Å². The predicted molar refractivity (Wildman–Crippen MR) is 58.7 cm³/mol. The molecule has 0 radical (unpaired) electrons. The maximum atomic E-state index is 9.79. The van der Waals surface area contributed by atoms with Gasteiger partial charge in [0.25, 0.3) is 0 Å². The Kier molecular flexibility index (Phi) is 3.51. The van der Waals surface area contributed by atoms with Gasteiger partial charge in [0.2, 0.25) is 0 Å². The Morgan fingerprint density at radius 2 is 1.92 bits per heavy atom. The lowest BCUT2D eigenvalue weighted by atomic mass is 9.98. The number of hydrogen-bond donors (Lipinski definition) is 1. The first kappa shape index (κ1) is 10.7. The third-order valence-electron chi connectivity index (χ3n) is 2.17. The Morgan fingerprint density at radius 1 is 1.31 bits per heavy atom. The summed E-state index contributed by atoms with van der Waals surface area (Å²) >= 11 is 3.45. The minimum atomic E-state index is -0.364. The molecule has 72 valence electrons. The Labute approximate surface area is 87.9 Å². The smallest absolute Gasteiger partial charge is 0.0813 e. The second kappa shape index (κ2) is 4.25. The minimum Gasteiger partial charge on any atom is -0.388 e. The van der Waals surface area contributed by atoms with Gasteiger partial charge in [0.1, 0.15) is 0 Å². The average molecular weight is 243 g/mol. The number of aliphatic hydroxyl groups excluding tert-OH is 1. The Morgan fingerprint density at radius 3 is 2.38 bits per heavy atom. The fourth-order valence-corrected chi connectivity index (χ4v) is 1.57. The molecule has 0 heterocycles. The summed E-state index contributed by atoms with van der Waals surface area (Å²) in [5, 5.41) is 9.79. The average Bonchev–Trinajstić information content (AvgIpc) is 2.08. The van der Waals surface area contributed by atoms with Crippen molar-refractivity contribution in [3.8, 4) is 0 Å². The first-order chi connectivity index (χ1) is 6.02. The molecule has 0 aromatic heterocycles. The summed E-state index contributed by atoms with van der Waals surface area (Å²) < 4.78 is 1.06. The molecule has 1 nitrogen and oxygen atoms in total. The molecule has 0 amide bonds. The van der Waals surface area contributed by atoms with Crippen LogP contribution >= 0.6 is 15.9 Å². The minimum absolute atomic E-state index is 0.259. The van der Waals surface area contributed by atoms with E-state index in [0.717, 1.165) is 10.0 Å². The van der Waals surface area contributed by atoms with Crippen LogP contribution in [0.25, 0.3) is 0 Å². The summed E-state index contributed by atoms with van der Waals surface area (Å²) in [6, 6.07) is 5.98. The van der Waals surface area contributed by atoms with Gasteiger partial charge in [0.15, 0.2) is 0 Å². The molecule has 1 aromatic carbocycles. The predicted octanol–water partition coefficient (Wildman–Crippen LogP) is 3.45. The molecule has 1 unspecified atom stereocenters. The van der Waals surface area contributed by atoms with E-state index >= 15 is 0 Å². The maximum Gasteiger partial charge on any atom is 0.0813 e. The van der Waals surface area contributed by atoms with Crippen LogP contribution in [-0.2, 0) is 0 Å². The Bertz CT molecular complexity index is 294. The van der Waals surface area contributed by atoms with Gasteiger partial charge in [-0.05, 0) is 30.0 Å². The highest BCUT2D eigenvalue weighted by atomic mass is 79.9.